The minimum atomic E-state index is -0.314. The molecule has 0 unspecified atom stereocenters. The van der Waals surface area contributed by atoms with Crippen molar-refractivity contribution in [2.75, 3.05) is 5.32 Å². The van der Waals surface area contributed by atoms with Crippen LogP contribution in [0.5, 0.6) is 5.75 Å². The summed E-state index contributed by atoms with van der Waals surface area (Å²) in [4.78, 5) is 26.7. The van der Waals surface area contributed by atoms with E-state index < -0.39 is 0 Å². The highest BCUT2D eigenvalue weighted by atomic mass is 16.5. The second kappa shape index (κ2) is 9.72. The summed E-state index contributed by atoms with van der Waals surface area (Å²) >= 11 is 0. The molecule has 0 spiro atoms. The third-order valence-electron chi connectivity index (χ3n) is 5.52. The van der Waals surface area contributed by atoms with Gasteiger partial charge >= 0.3 is 0 Å². The molecular weight excluding hydrogens is 440 g/mol. The maximum atomic E-state index is 13.5. The lowest BCUT2D eigenvalue weighted by Gasteiger charge is -2.13. The highest BCUT2D eigenvalue weighted by Gasteiger charge is 2.20. The Hall–Kier alpha value is -4.59. The molecule has 0 fully saturated rings. The Labute approximate surface area is 202 Å². The van der Waals surface area contributed by atoms with Crippen molar-refractivity contribution in [2.24, 2.45) is 0 Å². The zero-order valence-corrected chi connectivity index (χ0v) is 19.4. The quantitative estimate of drug-likeness (QED) is 0.351. The predicted octanol–water partition coefficient (Wildman–Crippen LogP) is 5.30. The van der Waals surface area contributed by atoms with Crippen LogP contribution >= 0.6 is 0 Å². The Morgan fingerprint density at radius 2 is 1.83 bits per heavy atom. The molecule has 4 aromatic heterocycles. The van der Waals surface area contributed by atoms with Crippen molar-refractivity contribution in [3.63, 3.8) is 0 Å². The van der Waals surface area contributed by atoms with Crippen molar-refractivity contribution in [1.29, 1.82) is 0 Å². The van der Waals surface area contributed by atoms with E-state index in [0.717, 1.165) is 11.1 Å². The van der Waals surface area contributed by atoms with E-state index >= 15 is 0 Å². The molecule has 1 aromatic carbocycles. The van der Waals surface area contributed by atoms with E-state index in [1.54, 1.807) is 43.0 Å². The minimum absolute atomic E-state index is 0.0888. The van der Waals surface area contributed by atoms with E-state index in [1.807, 2.05) is 61.0 Å². The molecule has 174 valence electrons. The summed E-state index contributed by atoms with van der Waals surface area (Å²) in [6.07, 6.45) is 6.72. The molecule has 0 bridgehead atoms. The highest BCUT2D eigenvalue weighted by Crippen LogP contribution is 2.28. The molecule has 1 amide bonds. The van der Waals surface area contributed by atoms with Gasteiger partial charge in [0.1, 0.15) is 6.61 Å². The fourth-order valence-corrected chi connectivity index (χ4v) is 3.76. The molecule has 0 saturated heterocycles. The summed E-state index contributed by atoms with van der Waals surface area (Å²) in [5.41, 5.74) is 3.69. The van der Waals surface area contributed by atoms with Crippen molar-refractivity contribution in [2.45, 2.75) is 26.5 Å². The number of pyridine rings is 3. The first-order valence-electron chi connectivity index (χ1n) is 11.3. The van der Waals surface area contributed by atoms with Crippen LogP contribution in [0.2, 0.25) is 0 Å². The van der Waals surface area contributed by atoms with E-state index in [1.165, 1.54) is 0 Å². The molecule has 1 N–H and O–H groups in total. The van der Waals surface area contributed by atoms with Crippen LogP contribution in [0.3, 0.4) is 0 Å². The number of nitrogens with zero attached hydrogens (tertiary/aromatic N) is 5. The fraction of sp³-hybridized carbons (Fsp3) is 0.148. The molecule has 4 heterocycles. The molecular formula is C27H24N6O2. The Balaban J connectivity index is 1.50. The summed E-state index contributed by atoms with van der Waals surface area (Å²) < 4.78 is 7.76. The van der Waals surface area contributed by atoms with Gasteiger partial charge in [0.2, 0.25) is 0 Å². The Bertz CT molecular complexity index is 1470. The van der Waals surface area contributed by atoms with E-state index in [4.69, 9.17) is 9.72 Å². The molecule has 5 rings (SSSR count). The molecule has 0 aliphatic carbocycles. The van der Waals surface area contributed by atoms with Crippen molar-refractivity contribution in [1.82, 2.24) is 24.7 Å². The zero-order valence-electron chi connectivity index (χ0n) is 19.4. The lowest BCUT2D eigenvalue weighted by Crippen LogP contribution is -2.15. The number of anilines is 1. The van der Waals surface area contributed by atoms with Crippen LogP contribution in [-0.4, -0.2) is 30.6 Å². The number of carbonyl (C=O) groups is 1. The number of aromatic nitrogens is 5. The van der Waals surface area contributed by atoms with Gasteiger partial charge in [0, 0.05) is 30.2 Å². The summed E-state index contributed by atoms with van der Waals surface area (Å²) in [7, 11) is 0. The number of rotatable bonds is 7. The van der Waals surface area contributed by atoms with Gasteiger partial charge in [0.25, 0.3) is 5.91 Å². The highest BCUT2D eigenvalue weighted by molar-refractivity contribution is 6.12. The van der Waals surface area contributed by atoms with Gasteiger partial charge in [-0.3, -0.25) is 9.78 Å². The van der Waals surface area contributed by atoms with Crippen LogP contribution in [0.15, 0.2) is 85.5 Å². The summed E-state index contributed by atoms with van der Waals surface area (Å²) in [5.74, 6) is 0.503. The number of hydrogen-bond donors (Lipinski definition) is 1. The third kappa shape index (κ3) is 4.72. The lowest BCUT2D eigenvalue weighted by atomic mass is 10.1. The van der Waals surface area contributed by atoms with Crippen molar-refractivity contribution in [3.8, 4) is 17.0 Å². The number of fused-ring (bicyclic) bond motifs is 1. The molecule has 0 atom stereocenters. The number of amides is 1. The molecule has 0 aliphatic rings. The van der Waals surface area contributed by atoms with Gasteiger partial charge < -0.3 is 10.1 Å². The monoisotopic (exact) mass is 464 g/mol. The van der Waals surface area contributed by atoms with Crippen molar-refractivity contribution in [3.05, 3.63) is 96.6 Å². The van der Waals surface area contributed by atoms with Gasteiger partial charge in [-0.2, -0.15) is 5.10 Å². The lowest BCUT2D eigenvalue weighted by molar-refractivity contribution is 0.102. The van der Waals surface area contributed by atoms with E-state index in [9.17, 15) is 4.79 Å². The molecule has 0 radical (unpaired) electrons. The van der Waals surface area contributed by atoms with Gasteiger partial charge in [0.15, 0.2) is 17.2 Å². The first-order chi connectivity index (χ1) is 17.1. The van der Waals surface area contributed by atoms with Crippen LogP contribution in [0.4, 0.5) is 5.82 Å². The second-order valence-corrected chi connectivity index (χ2v) is 8.29. The van der Waals surface area contributed by atoms with Gasteiger partial charge in [-0.15, -0.1) is 0 Å². The van der Waals surface area contributed by atoms with Crippen LogP contribution in [0.25, 0.3) is 22.3 Å². The molecule has 8 heteroatoms. The van der Waals surface area contributed by atoms with Crippen LogP contribution in [-0.2, 0) is 6.61 Å². The Kier molecular flexibility index (Phi) is 6.17. The fourth-order valence-electron chi connectivity index (χ4n) is 3.76. The van der Waals surface area contributed by atoms with E-state index in [-0.39, 0.29) is 11.9 Å². The molecule has 5 aromatic rings. The number of ether oxygens (including phenoxy) is 1. The van der Waals surface area contributed by atoms with Crippen LogP contribution in [0.1, 0.15) is 35.8 Å². The topological polar surface area (TPSA) is 94.8 Å². The predicted molar refractivity (Wildman–Crippen MR) is 134 cm³/mol. The third-order valence-corrected chi connectivity index (χ3v) is 5.52. The molecule has 35 heavy (non-hydrogen) atoms. The molecule has 8 nitrogen and oxygen atoms in total. The number of benzene rings is 1. The molecule has 0 saturated carbocycles. The maximum Gasteiger partial charge on any atom is 0.257 e. The second-order valence-electron chi connectivity index (χ2n) is 8.29. The van der Waals surface area contributed by atoms with E-state index in [0.29, 0.717) is 40.5 Å². The molecule has 0 aliphatic heterocycles. The first kappa shape index (κ1) is 22.2. The maximum absolute atomic E-state index is 13.5. The van der Waals surface area contributed by atoms with Crippen molar-refractivity contribution < 1.29 is 9.53 Å². The average Bonchev–Trinajstić information content (AvgIpc) is 3.33. The zero-order chi connectivity index (χ0) is 24.2. The van der Waals surface area contributed by atoms with Gasteiger partial charge in [-0.1, -0.05) is 30.3 Å². The smallest absolute Gasteiger partial charge is 0.257 e. The summed E-state index contributed by atoms with van der Waals surface area (Å²) in [6, 6.07) is 18.9. The standard InChI is InChI=1S/C27H24N6O2/c1-18(2)33-26-22(16-30-33)21(15-23(31-26)20-7-4-3-5-8-20)27(34)32-25-24(9-6-12-29-25)35-17-19-10-13-28-14-11-19/h3-16,18H,17H2,1-2H3,(H,29,32,34). The Morgan fingerprint density at radius 1 is 1.03 bits per heavy atom. The largest absolute Gasteiger partial charge is 0.485 e. The van der Waals surface area contributed by atoms with Gasteiger partial charge in [-0.05, 0) is 49.7 Å². The van der Waals surface area contributed by atoms with Gasteiger partial charge in [0.05, 0.1) is 22.8 Å². The van der Waals surface area contributed by atoms with Crippen LogP contribution in [0, 0.1) is 0 Å². The average molecular weight is 465 g/mol. The number of carbonyl (C=O) groups excluding carboxylic acids is 1. The Morgan fingerprint density at radius 3 is 2.60 bits per heavy atom. The van der Waals surface area contributed by atoms with Crippen molar-refractivity contribution >= 4 is 22.8 Å². The SMILES string of the molecule is CC(C)n1ncc2c(C(=O)Nc3ncccc3OCc3ccncc3)cc(-c3ccccc3)nc21. The summed E-state index contributed by atoms with van der Waals surface area (Å²) in [5, 5.41) is 8.08. The minimum Gasteiger partial charge on any atom is -0.485 e. The normalized spacial score (nSPS) is 11.1. The van der Waals surface area contributed by atoms with Gasteiger partial charge in [-0.25, -0.2) is 14.6 Å². The first-order valence-corrected chi connectivity index (χ1v) is 11.3. The number of hydrogen-bond acceptors (Lipinski definition) is 6. The van der Waals surface area contributed by atoms with E-state index in [2.05, 4.69) is 20.4 Å². The number of nitrogens with one attached hydrogen (secondary N) is 1. The summed E-state index contributed by atoms with van der Waals surface area (Å²) in [6.45, 7) is 4.39. The van der Waals surface area contributed by atoms with Crippen LogP contribution < -0.4 is 10.1 Å².